The van der Waals surface area contributed by atoms with Crippen LogP contribution in [0.4, 0.5) is 9.93 Å². The van der Waals surface area contributed by atoms with E-state index < -0.39 is 0 Å². The lowest BCUT2D eigenvalue weighted by atomic mass is 10.0. The van der Waals surface area contributed by atoms with Gasteiger partial charge in [0.25, 0.3) is 0 Å². The first-order chi connectivity index (χ1) is 10.2. The summed E-state index contributed by atoms with van der Waals surface area (Å²) in [7, 11) is 0. The number of carbonyl (C=O) groups is 2. The minimum Gasteiger partial charge on any atom is -0.332 e. The van der Waals surface area contributed by atoms with Crippen LogP contribution in [0, 0.1) is 0 Å². The standard InChI is InChI=1S/C13H18N4O2S2/c18-10(16-13-14-5-6-20-13)4-2-1-3-9-11-8(7-21-9)15-12(19)17-11/h5-6,8-9,11H,1-4,7H2,(H,14,16,18)(H2,15,17,19)/t8-,9-,11+/m0/s1. The number of hydrogen-bond donors (Lipinski definition) is 3. The van der Waals surface area contributed by atoms with Gasteiger partial charge in [0.05, 0.1) is 12.1 Å². The molecule has 0 saturated carbocycles. The number of nitrogens with zero attached hydrogens (tertiary/aromatic N) is 1. The maximum atomic E-state index is 11.7. The number of fused-ring (bicyclic) bond motifs is 1. The van der Waals surface area contributed by atoms with Crippen LogP contribution in [0.5, 0.6) is 0 Å². The van der Waals surface area contributed by atoms with E-state index in [-0.39, 0.29) is 24.0 Å². The lowest BCUT2D eigenvalue weighted by Crippen LogP contribution is -2.36. The number of carbonyl (C=O) groups excluding carboxylic acids is 2. The van der Waals surface area contributed by atoms with Gasteiger partial charge in [-0.1, -0.05) is 6.42 Å². The number of urea groups is 1. The molecule has 21 heavy (non-hydrogen) atoms. The van der Waals surface area contributed by atoms with Crippen molar-refractivity contribution in [2.45, 2.75) is 43.0 Å². The van der Waals surface area contributed by atoms with Gasteiger partial charge in [-0.15, -0.1) is 11.3 Å². The average Bonchev–Trinajstić information content (AvgIpc) is 3.13. The number of rotatable bonds is 6. The Morgan fingerprint density at radius 1 is 1.43 bits per heavy atom. The Kier molecular flexibility index (Phi) is 4.64. The Morgan fingerprint density at radius 2 is 2.33 bits per heavy atom. The number of aromatic nitrogens is 1. The van der Waals surface area contributed by atoms with Gasteiger partial charge in [0, 0.05) is 29.0 Å². The third-order valence-electron chi connectivity index (χ3n) is 3.76. The Hall–Kier alpha value is -1.28. The smallest absolute Gasteiger partial charge is 0.315 e. The topological polar surface area (TPSA) is 83.1 Å². The van der Waals surface area contributed by atoms with E-state index in [0.717, 1.165) is 25.0 Å². The summed E-state index contributed by atoms with van der Waals surface area (Å²) >= 11 is 3.34. The van der Waals surface area contributed by atoms with Crippen LogP contribution in [0.3, 0.4) is 0 Å². The molecule has 1 aromatic rings. The molecule has 0 unspecified atom stereocenters. The molecular formula is C13H18N4O2S2. The fraction of sp³-hybridized carbons (Fsp3) is 0.615. The SMILES string of the molecule is O=C(CCCC[C@@H]1SC[C@@H]2NC(=O)N[C@H]21)Nc1nccs1. The molecule has 3 amide bonds. The van der Waals surface area contributed by atoms with Gasteiger partial charge in [-0.25, -0.2) is 9.78 Å². The van der Waals surface area contributed by atoms with E-state index in [1.807, 2.05) is 17.1 Å². The van der Waals surface area contributed by atoms with Gasteiger partial charge in [-0.2, -0.15) is 11.8 Å². The molecule has 6 nitrogen and oxygen atoms in total. The second kappa shape index (κ2) is 6.65. The molecular weight excluding hydrogens is 308 g/mol. The molecule has 0 bridgehead atoms. The quantitative estimate of drug-likeness (QED) is 0.550. The predicted octanol–water partition coefficient (Wildman–Crippen LogP) is 1.81. The van der Waals surface area contributed by atoms with Crippen molar-refractivity contribution in [1.29, 1.82) is 0 Å². The van der Waals surface area contributed by atoms with Crippen LogP contribution in [-0.2, 0) is 4.79 Å². The number of unbranched alkanes of at least 4 members (excludes halogenated alkanes) is 1. The minimum atomic E-state index is -0.0434. The summed E-state index contributed by atoms with van der Waals surface area (Å²) in [6.45, 7) is 0. The molecule has 3 atom stereocenters. The number of hydrogen-bond acceptors (Lipinski definition) is 5. The summed E-state index contributed by atoms with van der Waals surface area (Å²) in [6, 6.07) is 0.491. The number of anilines is 1. The number of thioether (sulfide) groups is 1. The average molecular weight is 326 g/mol. The highest BCUT2D eigenvalue weighted by atomic mass is 32.2. The van der Waals surface area contributed by atoms with Gasteiger partial charge in [-0.05, 0) is 12.8 Å². The molecule has 2 fully saturated rings. The first kappa shape index (κ1) is 14.6. The van der Waals surface area contributed by atoms with E-state index in [1.165, 1.54) is 11.3 Å². The predicted molar refractivity (Wildman–Crippen MR) is 84.7 cm³/mol. The van der Waals surface area contributed by atoms with Crippen molar-refractivity contribution in [3.8, 4) is 0 Å². The highest BCUT2D eigenvalue weighted by Crippen LogP contribution is 2.33. The Balaban J connectivity index is 1.33. The number of thiazole rings is 1. The van der Waals surface area contributed by atoms with Crippen molar-refractivity contribution < 1.29 is 9.59 Å². The van der Waals surface area contributed by atoms with Crippen LogP contribution < -0.4 is 16.0 Å². The monoisotopic (exact) mass is 326 g/mol. The fourth-order valence-electron chi connectivity index (χ4n) is 2.74. The Bertz CT molecular complexity index is 508. The van der Waals surface area contributed by atoms with Gasteiger partial charge in [0.15, 0.2) is 5.13 Å². The summed E-state index contributed by atoms with van der Waals surface area (Å²) in [5.74, 6) is 1.01. The van der Waals surface area contributed by atoms with Crippen LogP contribution in [0.1, 0.15) is 25.7 Å². The molecule has 0 spiro atoms. The third kappa shape index (κ3) is 3.68. The zero-order valence-corrected chi connectivity index (χ0v) is 13.1. The van der Waals surface area contributed by atoms with Gasteiger partial charge >= 0.3 is 6.03 Å². The molecule has 0 aromatic carbocycles. The lowest BCUT2D eigenvalue weighted by Gasteiger charge is -2.16. The Morgan fingerprint density at radius 3 is 3.14 bits per heavy atom. The minimum absolute atomic E-state index is 0.0257. The summed E-state index contributed by atoms with van der Waals surface area (Å²) < 4.78 is 0. The number of nitrogens with one attached hydrogen (secondary N) is 3. The molecule has 2 saturated heterocycles. The van der Waals surface area contributed by atoms with E-state index in [2.05, 4.69) is 20.9 Å². The largest absolute Gasteiger partial charge is 0.332 e. The molecule has 2 aliphatic rings. The first-order valence-electron chi connectivity index (χ1n) is 7.10. The normalized spacial score (nSPS) is 27.0. The van der Waals surface area contributed by atoms with Gasteiger partial charge in [-0.3, -0.25) is 4.79 Å². The highest BCUT2D eigenvalue weighted by molar-refractivity contribution is 8.00. The second-order valence-corrected chi connectivity index (χ2v) is 7.42. The van der Waals surface area contributed by atoms with Crippen molar-refractivity contribution in [1.82, 2.24) is 15.6 Å². The summed E-state index contributed by atoms with van der Waals surface area (Å²) in [6.07, 6.45) is 5.11. The van der Waals surface area contributed by atoms with Crippen LogP contribution in [-0.4, -0.2) is 40.0 Å². The van der Waals surface area contributed by atoms with Crippen LogP contribution >= 0.6 is 23.1 Å². The van der Waals surface area contributed by atoms with E-state index >= 15 is 0 Å². The molecule has 3 N–H and O–H groups in total. The summed E-state index contributed by atoms with van der Waals surface area (Å²) in [4.78, 5) is 27.0. The van der Waals surface area contributed by atoms with Gasteiger partial charge in [0.2, 0.25) is 5.91 Å². The highest BCUT2D eigenvalue weighted by Gasteiger charge is 2.42. The van der Waals surface area contributed by atoms with E-state index in [9.17, 15) is 9.59 Å². The van der Waals surface area contributed by atoms with Crippen molar-refractivity contribution >= 4 is 40.2 Å². The fourth-order valence-corrected chi connectivity index (χ4v) is 4.83. The van der Waals surface area contributed by atoms with Gasteiger partial charge in [0.1, 0.15) is 0 Å². The summed E-state index contributed by atoms with van der Waals surface area (Å²) in [5.41, 5.74) is 0. The van der Waals surface area contributed by atoms with Crippen LogP contribution in [0.2, 0.25) is 0 Å². The maximum Gasteiger partial charge on any atom is 0.315 e. The van der Waals surface area contributed by atoms with E-state index in [1.54, 1.807) is 6.20 Å². The van der Waals surface area contributed by atoms with Crippen molar-refractivity contribution in [2.75, 3.05) is 11.1 Å². The maximum absolute atomic E-state index is 11.7. The number of amides is 3. The van der Waals surface area contributed by atoms with Crippen molar-refractivity contribution in [2.24, 2.45) is 0 Å². The van der Waals surface area contributed by atoms with Crippen LogP contribution in [0.25, 0.3) is 0 Å². The van der Waals surface area contributed by atoms with Crippen LogP contribution in [0.15, 0.2) is 11.6 Å². The summed E-state index contributed by atoms with van der Waals surface area (Å²) in [5, 5.41) is 11.7. The Labute approximate surface area is 131 Å². The first-order valence-corrected chi connectivity index (χ1v) is 9.03. The van der Waals surface area contributed by atoms with Gasteiger partial charge < -0.3 is 16.0 Å². The zero-order valence-electron chi connectivity index (χ0n) is 11.5. The molecule has 3 rings (SSSR count). The molecule has 8 heteroatoms. The lowest BCUT2D eigenvalue weighted by molar-refractivity contribution is -0.116. The zero-order chi connectivity index (χ0) is 14.7. The van der Waals surface area contributed by atoms with E-state index in [4.69, 9.17) is 0 Å². The second-order valence-electron chi connectivity index (χ2n) is 5.25. The molecule has 0 radical (unpaired) electrons. The molecule has 0 aliphatic carbocycles. The molecule has 1 aromatic heterocycles. The third-order valence-corrected chi connectivity index (χ3v) is 5.96. The van der Waals surface area contributed by atoms with Crippen molar-refractivity contribution in [3.63, 3.8) is 0 Å². The molecule has 2 aliphatic heterocycles. The molecule has 3 heterocycles. The molecule has 114 valence electrons. The van der Waals surface area contributed by atoms with E-state index in [0.29, 0.717) is 16.8 Å². The van der Waals surface area contributed by atoms with Crippen molar-refractivity contribution in [3.05, 3.63) is 11.6 Å².